The van der Waals surface area contributed by atoms with Crippen LogP contribution in [0.5, 0.6) is 0 Å². The van der Waals surface area contributed by atoms with Crippen molar-refractivity contribution in [2.75, 3.05) is 23.3 Å². The second-order valence-corrected chi connectivity index (χ2v) is 4.09. The lowest BCUT2D eigenvalue weighted by Crippen LogP contribution is -2.27. The van der Waals surface area contributed by atoms with Crippen LogP contribution in [0.25, 0.3) is 0 Å². The Morgan fingerprint density at radius 2 is 1.95 bits per heavy atom. The van der Waals surface area contributed by atoms with E-state index in [1.54, 1.807) is 29.2 Å². The molecule has 1 fully saturated rings. The number of carboxylic acid groups (broad SMARTS) is 1. The molecule has 20 heavy (non-hydrogen) atoms. The highest BCUT2D eigenvalue weighted by atomic mass is 16.4. The van der Waals surface area contributed by atoms with Gasteiger partial charge in [0, 0.05) is 36.6 Å². The molecule has 2 rings (SSSR count). The summed E-state index contributed by atoms with van der Waals surface area (Å²) in [5.41, 5.74) is 1.26. The van der Waals surface area contributed by atoms with Gasteiger partial charge in [0.25, 0.3) is 0 Å². The molecule has 1 heterocycles. The summed E-state index contributed by atoms with van der Waals surface area (Å²) in [4.78, 5) is 34.7. The highest BCUT2D eigenvalue weighted by Gasteiger charge is 2.20. The molecule has 0 aromatic heterocycles. The lowest BCUT2D eigenvalue weighted by molar-refractivity contribution is -0.131. The fourth-order valence-corrected chi connectivity index (χ4v) is 1.77. The maximum atomic E-state index is 11.5. The van der Waals surface area contributed by atoms with E-state index in [9.17, 15) is 14.4 Å². The van der Waals surface area contributed by atoms with Crippen molar-refractivity contribution in [2.24, 2.45) is 0 Å². The molecular weight excluding hydrogens is 262 g/mol. The van der Waals surface area contributed by atoms with Crippen LogP contribution >= 0.6 is 0 Å². The van der Waals surface area contributed by atoms with E-state index < -0.39 is 11.9 Å². The number of carboxylic acids is 1. The smallest absolute Gasteiger partial charge is 0.328 e. The summed E-state index contributed by atoms with van der Waals surface area (Å²) in [6.45, 7) is 1.21. The highest BCUT2D eigenvalue weighted by Crippen LogP contribution is 2.19. The van der Waals surface area contributed by atoms with Crippen molar-refractivity contribution < 1.29 is 19.5 Å². The van der Waals surface area contributed by atoms with Crippen LogP contribution in [0.3, 0.4) is 0 Å². The average Bonchev–Trinajstić information content (AvgIpc) is 2.84. The van der Waals surface area contributed by atoms with E-state index in [-0.39, 0.29) is 6.03 Å². The number of nitrogens with one attached hydrogen (secondary N) is 2. The van der Waals surface area contributed by atoms with Gasteiger partial charge in [0.05, 0.1) is 0 Å². The van der Waals surface area contributed by atoms with Gasteiger partial charge in [0.2, 0.25) is 5.91 Å². The van der Waals surface area contributed by atoms with Crippen LogP contribution in [0.1, 0.15) is 0 Å². The quantitative estimate of drug-likeness (QED) is 0.708. The normalized spacial score (nSPS) is 14.4. The first-order valence-corrected chi connectivity index (χ1v) is 5.94. The van der Waals surface area contributed by atoms with Gasteiger partial charge in [-0.2, -0.15) is 0 Å². The summed E-state index contributed by atoms with van der Waals surface area (Å²) in [6, 6.07) is 6.56. The molecule has 1 aromatic carbocycles. The number of amides is 3. The Labute approximate surface area is 114 Å². The number of anilines is 2. The lowest BCUT2D eigenvalue weighted by atomic mass is 10.2. The predicted octanol–water partition coefficient (Wildman–Crippen LogP) is 0.795. The maximum Gasteiger partial charge on any atom is 0.328 e. The monoisotopic (exact) mass is 275 g/mol. The minimum Gasteiger partial charge on any atom is -0.478 e. The van der Waals surface area contributed by atoms with Crippen molar-refractivity contribution in [1.82, 2.24) is 5.32 Å². The van der Waals surface area contributed by atoms with Crippen LogP contribution in [0.15, 0.2) is 36.4 Å². The molecule has 0 radical (unpaired) electrons. The zero-order valence-corrected chi connectivity index (χ0v) is 10.5. The molecule has 0 unspecified atom stereocenters. The zero-order valence-electron chi connectivity index (χ0n) is 10.5. The maximum absolute atomic E-state index is 11.5. The highest BCUT2D eigenvalue weighted by molar-refractivity contribution is 6.02. The number of hydrogen-bond acceptors (Lipinski definition) is 3. The zero-order chi connectivity index (χ0) is 14.5. The third kappa shape index (κ3) is 3.35. The molecule has 1 aliphatic heterocycles. The Morgan fingerprint density at radius 1 is 1.25 bits per heavy atom. The van der Waals surface area contributed by atoms with Crippen molar-refractivity contribution in [3.8, 4) is 0 Å². The molecule has 3 amide bonds. The molecule has 1 aliphatic rings. The summed E-state index contributed by atoms with van der Waals surface area (Å²) in [7, 11) is 0. The van der Waals surface area contributed by atoms with Gasteiger partial charge in [-0.05, 0) is 24.3 Å². The standard InChI is InChI=1S/C13H13N3O4/c17-11(5-6-12(18)19)15-9-1-3-10(4-2-9)16-8-7-14-13(16)20/h1-6H,7-8H2,(H,14,20)(H,15,17)(H,18,19)/b6-5+. The third-order valence-electron chi connectivity index (χ3n) is 2.68. The second kappa shape index (κ2) is 5.87. The molecular formula is C13H13N3O4. The topological polar surface area (TPSA) is 98.7 Å². The van der Waals surface area contributed by atoms with E-state index in [1.165, 1.54) is 0 Å². The number of urea groups is 1. The molecule has 0 atom stereocenters. The minimum atomic E-state index is -1.18. The molecule has 0 saturated carbocycles. The Bertz CT molecular complexity index is 565. The predicted molar refractivity (Wildman–Crippen MR) is 72.6 cm³/mol. The van der Waals surface area contributed by atoms with Gasteiger partial charge in [-0.3, -0.25) is 9.69 Å². The van der Waals surface area contributed by atoms with Crippen molar-refractivity contribution in [2.45, 2.75) is 0 Å². The third-order valence-corrected chi connectivity index (χ3v) is 2.68. The molecule has 0 spiro atoms. The Hall–Kier alpha value is -2.83. The Morgan fingerprint density at radius 3 is 2.50 bits per heavy atom. The van der Waals surface area contributed by atoms with E-state index >= 15 is 0 Å². The van der Waals surface area contributed by atoms with Crippen molar-refractivity contribution in [3.05, 3.63) is 36.4 Å². The molecule has 0 aliphatic carbocycles. The fourth-order valence-electron chi connectivity index (χ4n) is 1.77. The Kier molecular flexibility index (Phi) is 3.99. The van der Waals surface area contributed by atoms with Gasteiger partial charge >= 0.3 is 12.0 Å². The van der Waals surface area contributed by atoms with E-state index in [0.29, 0.717) is 18.8 Å². The second-order valence-electron chi connectivity index (χ2n) is 4.09. The van der Waals surface area contributed by atoms with Gasteiger partial charge in [-0.25, -0.2) is 9.59 Å². The SMILES string of the molecule is O=C(O)/C=C/C(=O)Nc1ccc(N2CCNC2=O)cc1. The fraction of sp³-hybridized carbons (Fsp3) is 0.154. The van der Waals surface area contributed by atoms with Gasteiger partial charge in [-0.1, -0.05) is 0 Å². The summed E-state index contributed by atoms with van der Waals surface area (Å²) in [5, 5.41) is 13.6. The van der Waals surface area contributed by atoms with Gasteiger partial charge < -0.3 is 15.7 Å². The van der Waals surface area contributed by atoms with E-state index in [4.69, 9.17) is 5.11 Å². The number of nitrogens with zero attached hydrogens (tertiary/aromatic N) is 1. The summed E-state index contributed by atoms with van der Waals surface area (Å²) < 4.78 is 0. The summed E-state index contributed by atoms with van der Waals surface area (Å²) >= 11 is 0. The molecule has 1 saturated heterocycles. The first kappa shape index (κ1) is 13.6. The molecule has 0 bridgehead atoms. The molecule has 7 heteroatoms. The molecule has 3 N–H and O–H groups in total. The number of rotatable bonds is 4. The van der Waals surface area contributed by atoms with Crippen LogP contribution in [-0.2, 0) is 9.59 Å². The number of benzene rings is 1. The van der Waals surface area contributed by atoms with Crippen molar-refractivity contribution >= 4 is 29.3 Å². The number of aliphatic carboxylic acids is 1. The summed E-state index contributed by atoms with van der Waals surface area (Å²) in [6.07, 6.45) is 1.70. The van der Waals surface area contributed by atoms with E-state index in [1.807, 2.05) is 0 Å². The van der Waals surface area contributed by atoms with Crippen LogP contribution in [0.2, 0.25) is 0 Å². The number of hydrogen-bond donors (Lipinski definition) is 3. The number of carbonyl (C=O) groups excluding carboxylic acids is 2. The number of carbonyl (C=O) groups is 3. The van der Waals surface area contributed by atoms with E-state index in [2.05, 4.69) is 10.6 Å². The molecule has 1 aromatic rings. The van der Waals surface area contributed by atoms with Crippen LogP contribution in [-0.4, -0.2) is 36.1 Å². The lowest BCUT2D eigenvalue weighted by Gasteiger charge is -2.14. The largest absolute Gasteiger partial charge is 0.478 e. The van der Waals surface area contributed by atoms with Gasteiger partial charge in [-0.15, -0.1) is 0 Å². The van der Waals surface area contributed by atoms with Crippen LogP contribution < -0.4 is 15.5 Å². The Balaban J connectivity index is 2.00. The first-order chi connectivity index (χ1) is 9.56. The van der Waals surface area contributed by atoms with E-state index in [0.717, 1.165) is 17.8 Å². The summed E-state index contributed by atoms with van der Waals surface area (Å²) in [5.74, 6) is -1.71. The average molecular weight is 275 g/mol. The van der Waals surface area contributed by atoms with Crippen LogP contribution in [0, 0.1) is 0 Å². The van der Waals surface area contributed by atoms with Crippen molar-refractivity contribution in [1.29, 1.82) is 0 Å². The first-order valence-electron chi connectivity index (χ1n) is 5.94. The van der Waals surface area contributed by atoms with Gasteiger partial charge in [0.1, 0.15) is 0 Å². The van der Waals surface area contributed by atoms with Gasteiger partial charge in [0.15, 0.2) is 0 Å². The molecule has 104 valence electrons. The minimum absolute atomic E-state index is 0.147. The van der Waals surface area contributed by atoms with Crippen LogP contribution in [0.4, 0.5) is 16.2 Å². The van der Waals surface area contributed by atoms with Crippen molar-refractivity contribution in [3.63, 3.8) is 0 Å². The molecule has 7 nitrogen and oxygen atoms in total.